The largest absolute Gasteiger partial charge is 0.456 e. The van der Waals surface area contributed by atoms with Crippen LogP contribution in [0.1, 0.15) is 23.4 Å². The summed E-state index contributed by atoms with van der Waals surface area (Å²) < 4.78 is 31.2. The minimum absolute atomic E-state index is 0.0574. The molecule has 144 valence electrons. The summed E-state index contributed by atoms with van der Waals surface area (Å²) in [5.74, 6) is -2.95. The van der Waals surface area contributed by atoms with Gasteiger partial charge < -0.3 is 10.1 Å². The summed E-state index contributed by atoms with van der Waals surface area (Å²) in [5, 5.41) is 2.88. The van der Waals surface area contributed by atoms with Crippen molar-refractivity contribution in [2.24, 2.45) is 0 Å². The highest BCUT2D eigenvalue weighted by Crippen LogP contribution is 2.17. The summed E-state index contributed by atoms with van der Waals surface area (Å²) in [6, 6.07) is 2.75. The number of rotatable bonds is 7. The maximum absolute atomic E-state index is 13.5. The van der Waals surface area contributed by atoms with Crippen LogP contribution >= 0.6 is 11.8 Å². The number of carbonyl (C=O) groups is 2. The number of hydrogen-bond acceptors (Lipinski definition) is 6. The fourth-order valence-corrected chi connectivity index (χ4v) is 2.84. The Morgan fingerprint density at radius 1 is 1.19 bits per heavy atom. The van der Waals surface area contributed by atoms with Gasteiger partial charge in [-0.05, 0) is 44.2 Å². The molecule has 0 fully saturated rings. The minimum atomic E-state index is -0.908. The van der Waals surface area contributed by atoms with E-state index in [4.69, 9.17) is 4.74 Å². The zero-order chi connectivity index (χ0) is 20.0. The predicted molar refractivity (Wildman–Crippen MR) is 97.6 cm³/mol. The molecular weight excluding hydrogens is 376 g/mol. The topological polar surface area (TPSA) is 81.2 Å². The number of esters is 1. The first-order valence-electron chi connectivity index (χ1n) is 8.08. The number of carbonyl (C=O) groups excluding carboxylic acids is 2. The Labute approximate surface area is 159 Å². The van der Waals surface area contributed by atoms with E-state index in [1.54, 1.807) is 0 Å². The quantitative estimate of drug-likeness (QED) is 0.441. The third-order valence-corrected chi connectivity index (χ3v) is 4.28. The summed E-state index contributed by atoms with van der Waals surface area (Å²) in [6.07, 6.45) is 2.33. The van der Waals surface area contributed by atoms with Crippen LogP contribution in [0.15, 0.2) is 23.4 Å². The number of aryl methyl sites for hydroxylation is 2. The van der Waals surface area contributed by atoms with Gasteiger partial charge in [0, 0.05) is 23.9 Å². The van der Waals surface area contributed by atoms with Crippen molar-refractivity contribution in [3.8, 4) is 0 Å². The van der Waals surface area contributed by atoms with E-state index in [-0.39, 0.29) is 12.1 Å². The Kier molecular flexibility index (Phi) is 7.23. The SMILES string of the molecule is CSc1nc(C)c(CCC(=O)OCC(=O)Nc2ccc(F)cc2F)c(C)n1. The molecule has 0 saturated carbocycles. The third-order valence-electron chi connectivity index (χ3n) is 3.73. The van der Waals surface area contributed by atoms with E-state index in [1.165, 1.54) is 11.8 Å². The lowest BCUT2D eigenvalue weighted by molar-refractivity contribution is -0.147. The van der Waals surface area contributed by atoms with Gasteiger partial charge in [0.1, 0.15) is 11.6 Å². The van der Waals surface area contributed by atoms with Gasteiger partial charge in [0.25, 0.3) is 5.91 Å². The fraction of sp³-hybridized carbons (Fsp3) is 0.333. The van der Waals surface area contributed by atoms with Crippen LogP contribution in [-0.2, 0) is 20.7 Å². The second kappa shape index (κ2) is 9.40. The van der Waals surface area contributed by atoms with Gasteiger partial charge in [-0.25, -0.2) is 18.7 Å². The van der Waals surface area contributed by atoms with Crippen LogP contribution in [0.5, 0.6) is 0 Å². The van der Waals surface area contributed by atoms with Crippen molar-refractivity contribution in [1.82, 2.24) is 9.97 Å². The highest BCUT2D eigenvalue weighted by molar-refractivity contribution is 7.98. The first-order valence-corrected chi connectivity index (χ1v) is 9.31. The first kappa shape index (κ1) is 20.8. The van der Waals surface area contributed by atoms with Gasteiger partial charge in [-0.2, -0.15) is 0 Å². The molecule has 0 radical (unpaired) electrons. The summed E-state index contributed by atoms with van der Waals surface area (Å²) in [7, 11) is 0. The van der Waals surface area contributed by atoms with Crippen molar-refractivity contribution in [2.45, 2.75) is 31.8 Å². The van der Waals surface area contributed by atoms with Crippen LogP contribution in [0.4, 0.5) is 14.5 Å². The second-order valence-electron chi connectivity index (χ2n) is 5.69. The van der Waals surface area contributed by atoms with Gasteiger partial charge in [0.2, 0.25) is 0 Å². The summed E-state index contributed by atoms with van der Waals surface area (Å²) >= 11 is 1.44. The number of aromatic nitrogens is 2. The molecule has 6 nitrogen and oxygen atoms in total. The summed E-state index contributed by atoms with van der Waals surface area (Å²) in [4.78, 5) is 32.3. The van der Waals surface area contributed by atoms with Gasteiger partial charge >= 0.3 is 5.97 Å². The smallest absolute Gasteiger partial charge is 0.306 e. The number of halogens is 2. The van der Waals surface area contributed by atoms with Crippen LogP contribution in [0, 0.1) is 25.5 Å². The Morgan fingerprint density at radius 2 is 1.85 bits per heavy atom. The van der Waals surface area contributed by atoms with Crippen molar-refractivity contribution >= 4 is 29.3 Å². The molecule has 0 aliphatic heterocycles. The lowest BCUT2D eigenvalue weighted by Gasteiger charge is -2.10. The van der Waals surface area contributed by atoms with Crippen molar-refractivity contribution in [1.29, 1.82) is 0 Å². The molecule has 0 aliphatic carbocycles. The van der Waals surface area contributed by atoms with Gasteiger partial charge in [-0.15, -0.1) is 0 Å². The number of nitrogens with zero attached hydrogens (tertiary/aromatic N) is 2. The van der Waals surface area contributed by atoms with Gasteiger partial charge in [-0.3, -0.25) is 9.59 Å². The molecule has 0 unspecified atom stereocenters. The Hall–Kier alpha value is -2.55. The molecule has 9 heteroatoms. The van der Waals surface area contributed by atoms with E-state index in [9.17, 15) is 18.4 Å². The van der Waals surface area contributed by atoms with Gasteiger partial charge in [0.05, 0.1) is 5.69 Å². The molecule has 0 atom stereocenters. The number of ether oxygens (including phenoxy) is 1. The van der Waals surface area contributed by atoms with Gasteiger partial charge in [0.15, 0.2) is 11.8 Å². The van der Waals surface area contributed by atoms with E-state index in [0.29, 0.717) is 17.6 Å². The Balaban J connectivity index is 1.83. The standard InChI is InChI=1S/C18H19F2N3O3S/c1-10-13(11(2)22-18(21-10)27-3)5-7-17(25)26-9-16(24)23-15-6-4-12(19)8-14(15)20/h4,6,8H,5,7,9H2,1-3H3,(H,23,24). The molecule has 0 aliphatic rings. The van der Waals surface area contributed by atoms with Gasteiger partial charge in [-0.1, -0.05) is 11.8 Å². The molecule has 0 spiro atoms. The zero-order valence-corrected chi connectivity index (χ0v) is 16.0. The van der Waals surface area contributed by atoms with E-state index in [2.05, 4.69) is 15.3 Å². The maximum atomic E-state index is 13.5. The molecule has 1 amide bonds. The van der Waals surface area contributed by atoms with Crippen LogP contribution in [0.25, 0.3) is 0 Å². The summed E-state index contributed by atoms with van der Waals surface area (Å²) in [5.41, 5.74) is 2.27. The maximum Gasteiger partial charge on any atom is 0.306 e. The third kappa shape index (κ3) is 5.99. The first-order chi connectivity index (χ1) is 12.8. The normalized spacial score (nSPS) is 10.6. The molecule has 0 bridgehead atoms. The minimum Gasteiger partial charge on any atom is -0.456 e. The molecule has 0 saturated heterocycles. The zero-order valence-electron chi connectivity index (χ0n) is 15.1. The lowest BCUT2D eigenvalue weighted by atomic mass is 10.1. The molecule has 1 N–H and O–H groups in total. The van der Waals surface area contributed by atoms with Crippen LogP contribution in [-0.4, -0.2) is 34.7 Å². The number of amides is 1. The number of benzene rings is 1. The fourth-order valence-electron chi connectivity index (χ4n) is 2.38. The van der Waals surface area contributed by atoms with Crippen LogP contribution in [0.2, 0.25) is 0 Å². The molecule has 1 aromatic heterocycles. The van der Waals surface area contributed by atoms with E-state index >= 15 is 0 Å². The highest BCUT2D eigenvalue weighted by Gasteiger charge is 2.13. The molecular formula is C18H19F2N3O3S. The Morgan fingerprint density at radius 3 is 2.44 bits per heavy atom. The highest BCUT2D eigenvalue weighted by atomic mass is 32.2. The molecule has 1 heterocycles. The number of anilines is 1. The van der Waals surface area contributed by atoms with Crippen molar-refractivity contribution in [3.63, 3.8) is 0 Å². The second-order valence-corrected chi connectivity index (χ2v) is 6.47. The van der Waals surface area contributed by atoms with Crippen molar-refractivity contribution < 1.29 is 23.1 Å². The molecule has 2 aromatic rings. The van der Waals surface area contributed by atoms with E-state index < -0.39 is 30.1 Å². The van der Waals surface area contributed by atoms with Crippen molar-refractivity contribution in [2.75, 3.05) is 18.2 Å². The summed E-state index contributed by atoms with van der Waals surface area (Å²) in [6.45, 7) is 3.13. The molecule has 2 rings (SSSR count). The molecule has 27 heavy (non-hydrogen) atoms. The van der Waals surface area contributed by atoms with E-state index in [1.807, 2.05) is 20.1 Å². The van der Waals surface area contributed by atoms with Crippen LogP contribution < -0.4 is 5.32 Å². The monoisotopic (exact) mass is 395 g/mol. The number of hydrogen-bond donors (Lipinski definition) is 1. The lowest BCUT2D eigenvalue weighted by Crippen LogP contribution is -2.21. The average molecular weight is 395 g/mol. The number of thioether (sulfide) groups is 1. The molecule has 1 aromatic carbocycles. The predicted octanol–water partition coefficient (Wildman–Crippen LogP) is 3.21. The van der Waals surface area contributed by atoms with E-state index in [0.717, 1.165) is 29.1 Å². The van der Waals surface area contributed by atoms with Crippen molar-refractivity contribution in [3.05, 3.63) is 46.8 Å². The van der Waals surface area contributed by atoms with Crippen LogP contribution in [0.3, 0.4) is 0 Å². The Bertz CT molecular complexity index is 839. The number of nitrogens with one attached hydrogen (secondary N) is 1. The average Bonchev–Trinajstić information content (AvgIpc) is 2.61.